The predicted octanol–water partition coefficient (Wildman–Crippen LogP) is 1.85. The van der Waals surface area contributed by atoms with Crippen molar-refractivity contribution in [3.63, 3.8) is 0 Å². The first-order valence-electron chi connectivity index (χ1n) is 6.26. The molecule has 0 heterocycles. The van der Waals surface area contributed by atoms with Gasteiger partial charge < -0.3 is 15.4 Å². The van der Waals surface area contributed by atoms with E-state index in [-0.39, 0.29) is 0 Å². The first kappa shape index (κ1) is 15.2. The smallest absolute Gasteiger partial charge is 0.191 e. The number of nitrogens with two attached hydrogens (primary N) is 1. The minimum Gasteiger partial charge on any atom is -0.383 e. The molecule has 0 amide bonds. The van der Waals surface area contributed by atoms with E-state index >= 15 is 0 Å². The lowest BCUT2D eigenvalue weighted by molar-refractivity contribution is 0.157. The SMILES string of the molecule is CCCN=C(N)N(CCOC)C(CC)CC. The maximum absolute atomic E-state index is 6.02. The van der Waals surface area contributed by atoms with Crippen LogP contribution in [0.25, 0.3) is 0 Å². The van der Waals surface area contributed by atoms with Crippen LogP contribution >= 0.6 is 0 Å². The van der Waals surface area contributed by atoms with Gasteiger partial charge in [0.2, 0.25) is 0 Å². The number of ether oxygens (including phenoxy) is 1. The second-order valence-electron chi connectivity index (χ2n) is 3.90. The van der Waals surface area contributed by atoms with Crippen molar-refractivity contribution in [1.29, 1.82) is 0 Å². The van der Waals surface area contributed by atoms with Crippen LogP contribution in [0.3, 0.4) is 0 Å². The van der Waals surface area contributed by atoms with Gasteiger partial charge in [-0.3, -0.25) is 4.99 Å². The third-order valence-electron chi connectivity index (χ3n) is 2.71. The fourth-order valence-corrected chi connectivity index (χ4v) is 1.72. The Kier molecular flexibility index (Phi) is 9.00. The molecule has 0 saturated heterocycles. The molecular formula is C12H27N3O. The molecule has 0 radical (unpaired) electrons. The van der Waals surface area contributed by atoms with E-state index in [2.05, 4.69) is 30.7 Å². The van der Waals surface area contributed by atoms with Gasteiger partial charge in [0.1, 0.15) is 0 Å². The van der Waals surface area contributed by atoms with E-state index in [9.17, 15) is 0 Å². The average molecular weight is 229 g/mol. The van der Waals surface area contributed by atoms with Gasteiger partial charge in [-0.15, -0.1) is 0 Å². The van der Waals surface area contributed by atoms with Gasteiger partial charge in [-0.05, 0) is 19.3 Å². The van der Waals surface area contributed by atoms with E-state index in [4.69, 9.17) is 10.5 Å². The summed E-state index contributed by atoms with van der Waals surface area (Å²) in [6.07, 6.45) is 3.20. The fourth-order valence-electron chi connectivity index (χ4n) is 1.72. The van der Waals surface area contributed by atoms with Crippen LogP contribution < -0.4 is 5.73 Å². The Morgan fingerprint density at radius 1 is 1.31 bits per heavy atom. The normalized spacial score (nSPS) is 12.2. The van der Waals surface area contributed by atoms with Crippen molar-refractivity contribution >= 4 is 5.96 Å². The fraction of sp³-hybridized carbons (Fsp3) is 0.917. The summed E-state index contributed by atoms with van der Waals surface area (Å²) in [4.78, 5) is 6.54. The van der Waals surface area contributed by atoms with Gasteiger partial charge in [0.25, 0.3) is 0 Å². The monoisotopic (exact) mass is 229 g/mol. The minimum atomic E-state index is 0.468. The van der Waals surface area contributed by atoms with E-state index in [1.165, 1.54) is 0 Å². The maximum Gasteiger partial charge on any atom is 0.191 e. The van der Waals surface area contributed by atoms with Crippen molar-refractivity contribution < 1.29 is 4.74 Å². The average Bonchev–Trinajstić information content (AvgIpc) is 2.31. The van der Waals surface area contributed by atoms with Crippen LogP contribution in [-0.2, 0) is 4.74 Å². The second-order valence-corrected chi connectivity index (χ2v) is 3.90. The number of methoxy groups -OCH3 is 1. The molecule has 0 aromatic carbocycles. The van der Waals surface area contributed by atoms with E-state index in [0.717, 1.165) is 32.4 Å². The van der Waals surface area contributed by atoms with Crippen LogP contribution in [0.2, 0.25) is 0 Å². The van der Waals surface area contributed by atoms with Crippen LogP contribution in [0.4, 0.5) is 0 Å². The van der Waals surface area contributed by atoms with Gasteiger partial charge >= 0.3 is 0 Å². The third-order valence-corrected chi connectivity index (χ3v) is 2.71. The van der Waals surface area contributed by atoms with Crippen LogP contribution in [0.1, 0.15) is 40.0 Å². The van der Waals surface area contributed by atoms with Gasteiger partial charge in [0.05, 0.1) is 6.61 Å². The van der Waals surface area contributed by atoms with Crippen molar-refractivity contribution in [2.45, 2.75) is 46.1 Å². The minimum absolute atomic E-state index is 0.468. The zero-order chi connectivity index (χ0) is 12.4. The molecule has 0 aliphatic carbocycles. The Morgan fingerprint density at radius 2 is 1.94 bits per heavy atom. The number of rotatable bonds is 8. The number of hydrogen-bond acceptors (Lipinski definition) is 2. The van der Waals surface area contributed by atoms with Crippen LogP contribution in [0, 0.1) is 0 Å². The molecule has 0 saturated carbocycles. The summed E-state index contributed by atoms with van der Waals surface area (Å²) in [5.41, 5.74) is 6.02. The van der Waals surface area contributed by atoms with Gasteiger partial charge in [0, 0.05) is 26.2 Å². The largest absolute Gasteiger partial charge is 0.383 e. The third kappa shape index (κ3) is 5.35. The number of nitrogens with zero attached hydrogens (tertiary/aromatic N) is 2. The summed E-state index contributed by atoms with van der Waals surface area (Å²) in [5.74, 6) is 0.660. The molecule has 0 aromatic rings. The van der Waals surface area contributed by atoms with Crippen molar-refractivity contribution in [3.05, 3.63) is 0 Å². The molecular weight excluding hydrogens is 202 g/mol. The predicted molar refractivity (Wildman–Crippen MR) is 69.7 cm³/mol. The standard InChI is InChI=1S/C12H27N3O/c1-5-8-14-12(13)15(9-10-16-4)11(6-2)7-3/h11H,5-10H2,1-4H3,(H2,13,14). The highest BCUT2D eigenvalue weighted by atomic mass is 16.5. The van der Waals surface area contributed by atoms with Gasteiger partial charge in [-0.2, -0.15) is 0 Å². The quantitative estimate of drug-likeness (QED) is 0.510. The van der Waals surface area contributed by atoms with Crippen LogP contribution in [-0.4, -0.2) is 43.7 Å². The molecule has 0 fully saturated rings. The molecule has 0 aromatic heterocycles. The summed E-state index contributed by atoms with van der Waals surface area (Å²) in [5, 5.41) is 0. The van der Waals surface area contributed by atoms with E-state index in [1.54, 1.807) is 7.11 Å². The van der Waals surface area contributed by atoms with Crippen LogP contribution in [0.5, 0.6) is 0 Å². The molecule has 0 bridgehead atoms. The molecule has 16 heavy (non-hydrogen) atoms. The Hall–Kier alpha value is -0.770. The summed E-state index contributed by atoms with van der Waals surface area (Å²) in [7, 11) is 1.71. The Labute approximate surface area is 99.9 Å². The van der Waals surface area contributed by atoms with E-state index in [0.29, 0.717) is 18.6 Å². The molecule has 0 atom stereocenters. The van der Waals surface area contributed by atoms with Crippen molar-refractivity contribution in [3.8, 4) is 0 Å². The number of guanidine groups is 1. The highest BCUT2D eigenvalue weighted by Crippen LogP contribution is 2.08. The van der Waals surface area contributed by atoms with Gasteiger partial charge in [0.15, 0.2) is 5.96 Å². The molecule has 96 valence electrons. The Bertz CT molecular complexity index is 191. The summed E-state index contributed by atoms with van der Waals surface area (Å²) < 4.78 is 5.11. The van der Waals surface area contributed by atoms with Gasteiger partial charge in [-0.25, -0.2) is 0 Å². The van der Waals surface area contributed by atoms with Crippen LogP contribution in [0.15, 0.2) is 4.99 Å². The molecule has 4 nitrogen and oxygen atoms in total. The first-order chi connectivity index (χ1) is 7.71. The van der Waals surface area contributed by atoms with E-state index in [1.807, 2.05) is 0 Å². The lowest BCUT2D eigenvalue weighted by Gasteiger charge is -2.31. The summed E-state index contributed by atoms with van der Waals surface area (Å²) in [6.45, 7) is 8.78. The molecule has 0 aliphatic rings. The molecule has 0 unspecified atom stereocenters. The highest BCUT2D eigenvalue weighted by molar-refractivity contribution is 5.78. The molecule has 4 heteroatoms. The molecule has 0 spiro atoms. The summed E-state index contributed by atoms with van der Waals surface area (Å²) >= 11 is 0. The molecule has 2 N–H and O–H groups in total. The zero-order valence-electron chi connectivity index (χ0n) is 11.2. The first-order valence-corrected chi connectivity index (χ1v) is 6.26. The maximum atomic E-state index is 6.02. The zero-order valence-corrected chi connectivity index (χ0v) is 11.2. The Balaban J connectivity index is 4.49. The van der Waals surface area contributed by atoms with E-state index < -0.39 is 0 Å². The topological polar surface area (TPSA) is 50.8 Å². The lowest BCUT2D eigenvalue weighted by Crippen LogP contribution is -2.46. The molecule has 0 rings (SSSR count). The van der Waals surface area contributed by atoms with Gasteiger partial charge in [-0.1, -0.05) is 20.8 Å². The number of hydrogen-bond donors (Lipinski definition) is 1. The Morgan fingerprint density at radius 3 is 2.38 bits per heavy atom. The number of aliphatic imine (C=N–C) groups is 1. The van der Waals surface area contributed by atoms with Crippen molar-refractivity contribution in [1.82, 2.24) is 4.90 Å². The van der Waals surface area contributed by atoms with Crippen molar-refractivity contribution in [2.24, 2.45) is 10.7 Å². The molecule has 0 aliphatic heterocycles. The lowest BCUT2D eigenvalue weighted by atomic mass is 10.1. The second kappa shape index (κ2) is 9.46. The highest BCUT2D eigenvalue weighted by Gasteiger charge is 2.16. The summed E-state index contributed by atoms with van der Waals surface area (Å²) in [6, 6.07) is 0.468. The van der Waals surface area contributed by atoms with Crippen molar-refractivity contribution in [2.75, 3.05) is 26.8 Å².